The van der Waals surface area contributed by atoms with Gasteiger partial charge in [-0.2, -0.15) is 0 Å². The predicted octanol–water partition coefficient (Wildman–Crippen LogP) is 3.03. The third-order valence-corrected chi connectivity index (χ3v) is 6.68. The first-order valence-corrected chi connectivity index (χ1v) is 11.4. The summed E-state index contributed by atoms with van der Waals surface area (Å²) in [6.45, 7) is 2.66. The van der Waals surface area contributed by atoms with E-state index in [1.807, 2.05) is 24.4 Å². The van der Waals surface area contributed by atoms with Crippen LogP contribution in [0.5, 0.6) is 0 Å². The molecular weight excluding hydrogens is 394 g/mol. The number of hydrogen-bond acceptors (Lipinski definition) is 7. The molecule has 0 spiro atoms. The number of rotatable bonds is 7. The molecule has 0 radical (unpaired) electrons. The Morgan fingerprint density at radius 3 is 2.71 bits per heavy atom. The number of anilines is 2. The van der Waals surface area contributed by atoms with Crippen molar-refractivity contribution >= 4 is 32.2 Å². The summed E-state index contributed by atoms with van der Waals surface area (Å²) in [7, 11) is -3.66. The van der Waals surface area contributed by atoms with Crippen molar-refractivity contribution in [3.63, 3.8) is 0 Å². The fourth-order valence-electron chi connectivity index (χ4n) is 3.21. The zero-order valence-electron chi connectivity index (χ0n) is 15.2. The van der Waals surface area contributed by atoms with Crippen molar-refractivity contribution in [2.24, 2.45) is 0 Å². The van der Waals surface area contributed by atoms with Gasteiger partial charge in [-0.15, -0.1) is 11.3 Å². The third-order valence-electron chi connectivity index (χ3n) is 4.57. The number of sulfonamides is 1. The molecule has 28 heavy (non-hydrogen) atoms. The van der Waals surface area contributed by atoms with Crippen molar-refractivity contribution < 1.29 is 8.42 Å². The molecule has 3 heterocycles. The summed E-state index contributed by atoms with van der Waals surface area (Å²) in [5.74, 6) is 0.344. The summed E-state index contributed by atoms with van der Waals surface area (Å²) in [6.07, 6.45) is 2.79. The smallest absolute Gasteiger partial charge is 0.263 e. The highest BCUT2D eigenvalue weighted by Crippen LogP contribution is 2.29. The van der Waals surface area contributed by atoms with E-state index in [0.29, 0.717) is 5.82 Å². The molecule has 4 rings (SSSR count). The second-order valence-corrected chi connectivity index (χ2v) is 9.17. The molecule has 2 N–H and O–H groups in total. The first kappa shape index (κ1) is 18.9. The fourth-order valence-corrected chi connectivity index (χ4v) is 5.03. The van der Waals surface area contributed by atoms with E-state index in [4.69, 9.17) is 0 Å². The summed E-state index contributed by atoms with van der Waals surface area (Å²) >= 11 is 1.40. The number of hydrogen-bond donors (Lipinski definition) is 2. The monoisotopic (exact) mass is 415 g/mol. The first-order chi connectivity index (χ1) is 13.6. The summed E-state index contributed by atoms with van der Waals surface area (Å²) in [6, 6.07) is 14.5. The lowest BCUT2D eigenvalue weighted by Gasteiger charge is -2.17. The third kappa shape index (κ3) is 4.49. The maximum atomic E-state index is 12.6. The van der Waals surface area contributed by atoms with E-state index < -0.39 is 10.0 Å². The van der Waals surface area contributed by atoms with E-state index in [9.17, 15) is 8.42 Å². The Balaban J connectivity index is 1.39. The number of benzene rings is 1. The molecule has 146 valence electrons. The van der Waals surface area contributed by atoms with Crippen molar-refractivity contribution in [1.29, 1.82) is 0 Å². The van der Waals surface area contributed by atoms with Crippen LogP contribution in [0.4, 0.5) is 10.8 Å². The molecule has 1 saturated heterocycles. The van der Waals surface area contributed by atoms with Gasteiger partial charge in [0, 0.05) is 31.9 Å². The van der Waals surface area contributed by atoms with Gasteiger partial charge in [0.25, 0.3) is 10.0 Å². The van der Waals surface area contributed by atoms with Gasteiger partial charge in [0.2, 0.25) is 0 Å². The Morgan fingerprint density at radius 2 is 1.93 bits per heavy atom. The van der Waals surface area contributed by atoms with E-state index in [1.165, 1.54) is 11.3 Å². The fraction of sp³-hybridized carbons (Fsp3) is 0.263. The second kappa shape index (κ2) is 8.26. The number of nitrogens with zero attached hydrogens (tertiary/aromatic N) is 3. The molecule has 0 saturated carbocycles. The maximum absolute atomic E-state index is 12.6. The van der Waals surface area contributed by atoms with Gasteiger partial charge in [0.05, 0.1) is 16.1 Å². The van der Waals surface area contributed by atoms with Crippen LogP contribution in [0.3, 0.4) is 0 Å². The van der Waals surface area contributed by atoms with Gasteiger partial charge in [-0.3, -0.25) is 14.6 Å². The van der Waals surface area contributed by atoms with Crippen molar-refractivity contribution in [1.82, 2.24) is 14.9 Å². The number of likely N-dealkylation sites (tertiary alicyclic amines) is 1. The zero-order chi connectivity index (χ0) is 19.4. The van der Waals surface area contributed by atoms with Crippen molar-refractivity contribution in [2.45, 2.75) is 23.9 Å². The van der Waals surface area contributed by atoms with Gasteiger partial charge in [-0.05, 0) is 30.7 Å². The standard InChI is InChI=1S/C19H21N5O2S2/c25-28(26,17-7-2-1-3-8-17)23-18-19(27-14-21-18)22-16-9-11-24(13-16)12-15-6-4-5-10-20-15/h1-8,10,14,16,22-23H,9,11-13H2/t16-/m0/s1. The van der Waals surface area contributed by atoms with Gasteiger partial charge in [-0.1, -0.05) is 24.3 Å². The summed E-state index contributed by atoms with van der Waals surface area (Å²) in [5.41, 5.74) is 2.70. The van der Waals surface area contributed by atoms with E-state index in [2.05, 4.69) is 24.9 Å². The van der Waals surface area contributed by atoms with E-state index in [0.717, 1.165) is 36.8 Å². The molecule has 0 aliphatic carbocycles. The molecule has 9 heteroatoms. The molecule has 1 aromatic carbocycles. The molecule has 7 nitrogen and oxygen atoms in total. The minimum absolute atomic E-state index is 0.219. The molecule has 2 aromatic heterocycles. The van der Waals surface area contributed by atoms with E-state index in [1.54, 1.807) is 35.8 Å². The molecule has 1 aliphatic rings. The molecule has 0 bridgehead atoms. The molecule has 1 fully saturated rings. The highest BCUT2D eigenvalue weighted by Gasteiger charge is 2.25. The summed E-state index contributed by atoms with van der Waals surface area (Å²) in [5, 5.41) is 4.19. The van der Waals surface area contributed by atoms with Gasteiger partial charge < -0.3 is 5.32 Å². The Kier molecular flexibility index (Phi) is 5.56. The van der Waals surface area contributed by atoms with E-state index >= 15 is 0 Å². The summed E-state index contributed by atoms with van der Waals surface area (Å²) < 4.78 is 27.7. The molecule has 1 atom stereocenters. The normalized spacial score (nSPS) is 17.5. The average Bonchev–Trinajstić information content (AvgIpc) is 3.33. The predicted molar refractivity (Wildman–Crippen MR) is 111 cm³/mol. The van der Waals surface area contributed by atoms with Crippen LogP contribution in [0.15, 0.2) is 65.1 Å². The van der Waals surface area contributed by atoms with Crippen LogP contribution >= 0.6 is 11.3 Å². The number of nitrogens with one attached hydrogen (secondary N) is 2. The Bertz CT molecular complexity index is 1010. The molecular formula is C19H21N5O2S2. The Hall–Kier alpha value is -2.49. The average molecular weight is 416 g/mol. The van der Waals surface area contributed by atoms with Crippen LogP contribution in [0.25, 0.3) is 0 Å². The number of thiazole rings is 1. The minimum Gasteiger partial charge on any atom is -0.370 e. The lowest BCUT2D eigenvalue weighted by molar-refractivity contribution is 0.324. The first-order valence-electron chi connectivity index (χ1n) is 9.00. The lowest BCUT2D eigenvalue weighted by Crippen LogP contribution is -2.26. The van der Waals surface area contributed by atoms with Gasteiger partial charge in [0.15, 0.2) is 5.82 Å². The summed E-state index contributed by atoms with van der Waals surface area (Å²) in [4.78, 5) is 11.1. The van der Waals surface area contributed by atoms with Crippen molar-refractivity contribution in [3.8, 4) is 0 Å². The van der Waals surface area contributed by atoms with Gasteiger partial charge >= 0.3 is 0 Å². The largest absolute Gasteiger partial charge is 0.370 e. The van der Waals surface area contributed by atoms with Crippen molar-refractivity contribution in [2.75, 3.05) is 23.1 Å². The Labute approximate surface area is 168 Å². The zero-order valence-corrected chi connectivity index (χ0v) is 16.8. The molecule has 3 aromatic rings. The lowest BCUT2D eigenvalue weighted by atomic mass is 10.3. The quantitative estimate of drug-likeness (QED) is 0.617. The van der Waals surface area contributed by atoms with Crippen molar-refractivity contribution in [3.05, 3.63) is 65.9 Å². The van der Waals surface area contributed by atoms with Crippen LogP contribution in [0, 0.1) is 0 Å². The molecule has 0 amide bonds. The second-order valence-electron chi connectivity index (χ2n) is 6.63. The van der Waals surface area contributed by atoms with Crippen LogP contribution in [0.2, 0.25) is 0 Å². The minimum atomic E-state index is -3.66. The number of aromatic nitrogens is 2. The maximum Gasteiger partial charge on any atom is 0.263 e. The van der Waals surface area contributed by atoms with Gasteiger partial charge in [0.1, 0.15) is 5.00 Å². The highest BCUT2D eigenvalue weighted by atomic mass is 32.2. The van der Waals surface area contributed by atoms with Crippen LogP contribution in [-0.2, 0) is 16.6 Å². The highest BCUT2D eigenvalue weighted by molar-refractivity contribution is 7.92. The van der Waals surface area contributed by atoms with Crippen LogP contribution in [0.1, 0.15) is 12.1 Å². The number of pyridine rings is 1. The van der Waals surface area contributed by atoms with Gasteiger partial charge in [-0.25, -0.2) is 13.4 Å². The SMILES string of the molecule is O=S(=O)(Nc1ncsc1N[C@H]1CCN(Cc2ccccn2)C1)c1ccccc1. The molecule has 0 unspecified atom stereocenters. The van der Waals surface area contributed by atoms with Crippen LogP contribution in [-0.4, -0.2) is 42.4 Å². The van der Waals surface area contributed by atoms with Crippen LogP contribution < -0.4 is 10.0 Å². The van der Waals surface area contributed by atoms with E-state index in [-0.39, 0.29) is 10.9 Å². The molecule has 1 aliphatic heterocycles. The Morgan fingerprint density at radius 1 is 1.11 bits per heavy atom. The topological polar surface area (TPSA) is 87.2 Å².